The molecule has 0 saturated carbocycles. The second-order valence-electron chi connectivity index (χ2n) is 2.48. The minimum absolute atomic E-state index is 0.246. The van der Waals surface area contributed by atoms with Crippen LogP contribution in [0.25, 0.3) is 0 Å². The average molecular weight is 166 g/mol. The van der Waals surface area contributed by atoms with E-state index in [1.54, 1.807) is 6.92 Å². The van der Waals surface area contributed by atoms with Gasteiger partial charge in [-0.15, -0.1) is 6.58 Å². The van der Waals surface area contributed by atoms with Crippen LogP contribution in [-0.2, 0) is 6.54 Å². The summed E-state index contributed by atoms with van der Waals surface area (Å²) in [6.07, 6.45) is 2.92. The van der Waals surface area contributed by atoms with Crippen LogP contribution in [0.1, 0.15) is 5.56 Å². The lowest BCUT2D eigenvalue weighted by molar-refractivity contribution is 0.706. The lowest BCUT2D eigenvalue weighted by Gasteiger charge is -1.99. The van der Waals surface area contributed by atoms with Crippen LogP contribution in [0.4, 0.5) is 0 Å². The van der Waals surface area contributed by atoms with Gasteiger partial charge in [0.1, 0.15) is 0 Å². The number of H-pyrrole nitrogens is 1. The molecule has 0 spiro atoms. The fourth-order valence-corrected chi connectivity index (χ4v) is 0.910. The summed E-state index contributed by atoms with van der Waals surface area (Å²) >= 11 is 0. The lowest BCUT2D eigenvalue weighted by Crippen LogP contribution is -2.35. The molecule has 0 atom stereocenters. The van der Waals surface area contributed by atoms with Crippen LogP contribution in [0.2, 0.25) is 0 Å². The highest BCUT2D eigenvalue weighted by Gasteiger charge is 2.00. The van der Waals surface area contributed by atoms with Gasteiger partial charge in [0, 0.05) is 18.3 Å². The Bertz CT molecular complexity index is 400. The van der Waals surface area contributed by atoms with Crippen LogP contribution in [0.5, 0.6) is 0 Å². The Morgan fingerprint density at radius 2 is 2.33 bits per heavy atom. The van der Waals surface area contributed by atoms with Gasteiger partial charge in [-0.25, -0.2) is 4.79 Å². The molecule has 0 saturated heterocycles. The van der Waals surface area contributed by atoms with E-state index in [0.29, 0.717) is 5.56 Å². The van der Waals surface area contributed by atoms with E-state index >= 15 is 0 Å². The molecular weight excluding hydrogens is 156 g/mol. The molecule has 0 aromatic carbocycles. The Morgan fingerprint density at radius 1 is 1.67 bits per heavy atom. The molecule has 0 fully saturated rings. The number of rotatable bonds is 2. The van der Waals surface area contributed by atoms with E-state index in [0.717, 1.165) is 4.57 Å². The number of hydrogen-bond donors (Lipinski definition) is 1. The van der Waals surface area contributed by atoms with Crippen molar-refractivity contribution in [1.82, 2.24) is 9.55 Å². The Hall–Kier alpha value is -1.58. The van der Waals surface area contributed by atoms with Crippen molar-refractivity contribution in [3.63, 3.8) is 0 Å². The smallest absolute Gasteiger partial charge is 0.314 e. The van der Waals surface area contributed by atoms with Gasteiger partial charge in [0.15, 0.2) is 0 Å². The van der Waals surface area contributed by atoms with E-state index in [1.807, 2.05) is 0 Å². The SMILES string of the molecule is C=CCn1c(=O)[nH]cc(C)c1=O. The van der Waals surface area contributed by atoms with Crippen molar-refractivity contribution in [2.75, 3.05) is 0 Å². The van der Waals surface area contributed by atoms with Crippen molar-refractivity contribution < 1.29 is 0 Å². The summed E-state index contributed by atoms with van der Waals surface area (Å²) in [5.74, 6) is 0. The predicted molar refractivity (Wildman–Crippen MR) is 46.3 cm³/mol. The molecular formula is C8H10N2O2. The average Bonchev–Trinajstić information content (AvgIpc) is 2.06. The number of nitrogens with one attached hydrogen (secondary N) is 1. The van der Waals surface area contributed by atoms with Gasteiger partial charge >= 0.3 is 5.69 Å². The summed E-state index contributed by atoms with van der Waals surface area (Å²) in [5, 5.41) is 0. The molecule has 64 valence electrons. The molecule has 0 bridgehead atoms. The molecule has 0 unspecified atom stereocenters. The van der Waals surface area contributed by atoms with E-state index < -0.39 is 5.69 Å². The number of aromatic amines is 1. The van der Waals surface area contributed by atoms with Gasteiger partial charge < -0.3 is 4.98 Å². The highest BCUT2D eigenvalue weighted by molar-refractivity contribution is 5.01. The Balaban J connectivity index is 3.43. The second-order valence-corrected chi connectivity index (χ2v) is 2.48. The van der Waals surface area contributed by atoms with Crippen LogP contribution >= 0.6 is 0 Å². The topological polar surface area (TPSA) is 54.9 Å². The Labute approximate surface area is 69.2 Å². The van der Waals surface area contributed by atoms with Gasteiger partial charge in [0.25, 0.3) is 5.56 Å². The molecule has 1 aromatic heterocycles. The van der Waals surface area contributed by atoms with Gasteiger partial charge in [-0.2, -0.15) is 0 Å². The zero-order valence-corrected chi connectivity index (χ0v) is 6.83. The molecule has 12 heavy (non-hydrogen) atoms. The lowest BCUT2D eigenvalue weighted by atomic mass is 10.4. The molecule has 0 aliphatic carbocycles. The molecule has 4 nitrogen and oxygen atoms in total. The third-order valence-electron chi connectivity index (χ3n) is 1.55. The summed E-state index contributed by atoms with van der Waals surface area (Å²) in [6, 6.07) is 0. The van der Waals surface area contributed by atoms with Gasteiger partial charge in [0.2, 0.25) is 0 Å². The maximum absolute atomic E-state index is 11.3. The summed E-state index contributed by atoms with van der Waals surface area (Å²) < 4.78 is 1.10. The molecule has 0 aliphatic rings. The first-order chi connectivity index (χ1) is 5.66. The zero-order chi connectivity index (χ0) is 9.14. The summed E-state index contributed by atoms with van der Waals surface area (Å²) in [6.45, 7) is 5.35. The minimum Gasteiger partial charge on any atom is -0.314 e. The Morgan fingerprint density at radius 3 is 2.92 bits per heavy atom. The largest absolute Gasteiger partial charge is 0.328 e. The Kier molecular flexibility index (Phi) is 2.28. The van der Waals surface area contributed by atoms with Gasteiger partial charge in [-0.1, -0.05) is 6.08 Å². The molecule has 0 aliphatic heterocycles. The van der Waals surface area contributed by atoms with Crippen LogP contribution in [0.15, 0.2) is 28.4 Å². The van der Waals surface area contributed by atoms with Crippen molar-refractivity contribution in [3.05, 3.63) is 45.3 Å². The van der Waals surface area contributed by atoms with E-state index in [4.69, 9.17) is 0 Å². The summed E-state index contributed by atoms with van der Waals surface area (Å²) in [5.41, 5.74) is -0.138. The minimum atomic E-state index is -0.398. The van der Waals surface area contributed by atoms with Crippen LogP contribution in [0, 0.1) is 6.92 Å². The maximum atomic E-state index is 11.3. The molecule has 1 heterocycles. The van der Waals surface area contributed by atoms with Crippen LogP contribution < -0.4 is 11.2 Å². The summed E-state index contributed by atoms with van der Waals surface area (Å²) in [7, 11) is 0. The maximum Gasteiger partial charge on any atom is 0.328 e. The molecule has 4 heteroatoms. The third-order valence-corrected chi connectivity index (χ3v) is 1.55. The van der Waals surface area contributed by atoms with Crippen molar-refractivity contribution in [2.24, 2.45) is 0 Å². The molecule has 0 amide bonds. The normalized spacial score (nSPS) is 9.75. The number of nitrogens with zero attached hydrogens (tertiary/aromatic N) is 1. The highest BCUT2D eigenvalue weighted by Crippen LogP contribution is 1.80. The van der Waals surface area contributed by atoms with Crippen LogP contribution in [0.3, 0.4) is 0 Å². The van der Waals surface area contributed by atoms with Crippen LogP contribution in [-0.4, -0.2) is 9.55 Å². The number of aryl methyl sites for hydroxylation is 1. The van der Waals surface area contributed by atoms with E-state index in [-0.39, 0.29) is 12.1 Å². The molecule has 1 rings (SSSR count). The van der Waals surface area contributed by atoms with Crippen molar-refractivity contribution in [2.45, 2.75) is 13.5 Å². The molecule has 1 aromatic rings. The predicted octanol–water partition coefficient (Wildman–Crippen LogP) is 0.0310. The monoisotopic (exact) mass is 166 g/mol. The standard InChI is InChI=1S/C8H10N2O2/c1-3-4-10-7(11)6(2)5-9-8(10)12/h3,5H,1,4H2,2H3,(H,9,12). The number of allylic oxidation sites excluding steroid dienone is 1. The molecule has 1 N–H and O–H groups in total. The van der Waals surface area contributed by atoms with Gasteiger partial charge in [0.05, 0.1) is 0 Å². The van der Waals surface area contributed by atoms with E-state index in [9.17, 15) is 9.59 Å². The first kappa shape index (κ1) is 8.52. The second kappa shape index (κ2) is 3.21. The van der Waals surface area contributed by atoms with Gasteiger partial charge in [-0.05, 0) is 6.92 Å². The highest BCUT2D eigenvalue weighted by atomic mass is 16.2. The van der Waals surface area contributed by atoms with Crippen molar-refractivity contribution >= 4 is 0 Å². The number of aromatic nitrogens is 2. The number of hydrogen-bond acceptors (Lipinski definition) is 2. The zero-order valence-electron chi connectivity index (χ0n) is 6.83. The van der Waals surface area contributed by atoms with Gasteiger partial charge in [-0.3, -0.25) is 9.36 Å². The fourth-order valence-electron chi connectivity index (χ4n) is 0.910. The fraction of sp³-hybridized carbons (Fsp3) is 0.250. The quantitative estimate of drug-likeness (QED) is 0.630. The molecule has 0 radical (unpaired) electrons. The van der Waals surface area contributed by atoms with Crippen molar-refractivity contribution in [1.29, 1.82) is 0 Å². The first-order valence-electron chi connectivity index (χ1n) is 3.57. The van der Waals surface area contributed by atoms with E-state index in [1.165, 1.54) is 12.3 Å². The summed E-state index contributed by atoms with van der Waals surface area (Å²) in [4.78, 5) is 24.8. The van der Waals surface area contributed by atoms with E-state index in [2.05, 4.69) is 11.6 Å². The first-order valence-corrected chi connectivity index (χ1v) is 3.57. The van der Waals surface area contributed by atoms with Crippen molar-refractivity contribution in [3.8, 4) is 0 Å². The third kappa shape index (κ3) is 1.37.